The number of aryl methyl sites for hydroxylation is 1. The second kappa shape index (κ2) is 6.55. The molecule has 1 aromatic heterocycles. The molecule has 0 spiro atoms. The normalized spacial score (nSPS) is 27.0. The van der Waals surface area contributed by atoms with Gasteiger partial charge in [-0.1, -0.05) is 0 Å². The topological polar surface area (TPSA) is 78.7 Å². The summed E-state index contributed by atoms with van der Waals surface area (Å²) in [6, 6.07) is 0.339. The van der Waals surface area contributed by atoms with Gasteiger partial charge in [0.1, 0.15) is 5.41 Å². The number of rotatable bonds is 6. The minimum absolute atomic E-state index is 0.0370. The standard InChI is InChI=1S/C17H26N4O3/c1-13(2)20-8-14-9-21(11-17(14,10-20)16(23)24)15(22)4-3-6-19-7-5-18-12-19/h5,7,12-14H,3-4,6,8-11H2,1-2H3,(H,23,24)/t14-,17-/m1/s1. The lowest BCUT2D eigenvalue weighted by atomic mass is 9.81. The Hall–Kier alpha value is -1.89. The molecular weight excluding hydrogens is 308 g/mol. The minimum atomic E-state index is -0.787. The highest BCUT2D eigenvalue weighted by molar-refractivity contribution is 5.81. The van der Waals surface area contributed by atoms with Gasteiger partial charge >= 0.3 is 5.97 Å². The summed E-state index contributed by atoms with van der Waals surface area (Å²) in [6.07, 6.45) is 6.54. The summed E-state index contributed by atoms with van der Waals surface area (Å²) in [5, 5.41) is 9.80. The largest absolute Gasteiger partial charge is 0.481 e. The van der Waals surface area contributed by atoms with E-state index < -0.39 is 11.4 Å². The highest BCUT2D eigenvalue weighted by atomic mass is 16.4. The maximum Gasteiger partial charge on any atom is 0.313 e. The molecule has 2 atom stereocenters. The number of carbonyl (C=O) groups excluding carboxylic acids is 1. The van der Waals surface area contributed by atoms with Crippen molar-refractivity contribution in [3.8, 4) is 0 Å². The van der Waals surface area contributed by atoms with Gasteiger partial charge < -0.3 is 14.6 Å². The van der Waals surface area contributed by atoms with Crippen LogP contribution in [0.3, 0.4) is 0 Å². The van der Waals surface area contributed by atoms with E-state index in [0.29, 0.717) is 32.1 Å². The van der Waals surface area contributed by atoms with E-state index in [9.17, 15) is 14.7 Å². The number of fused-ring (bicyclic) bond motifs is 1. The highest BCUT2D eigenvalue weighted by Crippen LogP contribution is 2.43. The number of likely N-dealkylation sites (tertiary alicyclic amines) is 2. The van der Waals surface area contributed by atoms with E-state index in [1.165, 1.54) is 0 Å². The van der Waals surface area contributed by atoms with Crippen molar-refractivity contribution in [3.05, 3.63) is 18.7 Å². The zero-order chi connectivity index (χ0) is 17.3. The summed E-state index contributed by atoms with van der Waals surface area (Å²) in [5.41, 5.74) is -0.787. The quantitative estimate of drug-likeness (QED) is 0.837. The Bertz CT molecular complexity index is 601. The average Bonchev–Trinajstić information content (AvgIpc) is 3.20. The number of aromatic nitrogens is 2. The van der Waals surface area contributed by atoms with Gasteiger partial charge in [0.05, 0.1) is 6.33 Å². The molecule has 3 heterocycles. The van der Waals surface area contributed by atoms with Crippen molar-refractivity contribution in [2.45, 2.75) is 39.3 Å². The first kappa shape index (κ1) is 17.0. The molecule has 1 amide bonds. The molecule has 2 aliphatic heterocycles. The zero-order valence-corrected chi connectivity index (χ0v) is 14.4. The Morgan fingerprint density at radius 3 is 2.71 bits per heavy atom. The number of carboxylic acid groups (broad SMARTS) is 1. The molecule has 3 rings (SSSR count). The lowest BCUT2D eigenvalue weighted by Gasteiger charge is -2.27. The third-order valence-corrected chi connectivity index (χ3v) is 5.51. The summed E-state index contributed by atoms with van der Waals surface area (Å²) >= 11 is 0. The molecule has 0 aliphatic carbocycles. The van der Waals surface area contributed by atoms with Gasteiger partial charge in [-0.2, -0.15) is 0 Å². The number of carboxylic acids is 1. The maximum atomic E-state index is 12.5. The first-order chi connectivity index (χ1) is 11.4. The Kier molecular flexibility index (Phi) is 4.62. The highest BCUT2D eigenvalue weighted by Gasteiger charge is 2.58. The van der Waals surface area contributed by atoms with Crippen LogP contribution < -0.4 is 0 Å². The van der Waals surface area contributed by atoms with Crippen LogP contribution in [0.4, 0.5) is 0 Å². The molecule has 132 valence electrons. The number of aliphatic carboxylic acids is 1. The van der Waals surface area contributed by atoms with Crippen LogP contribution in [-0.4, -0.2) is 68.6 Å². The van der Waals surface area contributed by atoms with E-state index >= 15 is 0 Å². The van der Waals surface area contributed by atoms with Crippen molar-refractivity contribution >= 4 is 11.9 Å². The van der Waals surface area contributed by atoms with Gasteiger partial charge in [0.15, 0.2) is 0 Å². The summed E-state index contributed by atoms with van der Waals surface area (Å²) in [6.45, 7) is 7.17. The lowest BCUT2D eigenvalue weighted by molar-refractivity contribution is -0.149. The smallest absolute Gasteiger partial charge is 0.313 e. The summed E-state index contributed by atoms with van der Waals surface area (Å²) in [4.78, 5) is 32.4. The number of amides is 1. The average molecular weight is 334 g/mol. The monoisotopic (exact) mass is 334 g/mol. The van der Waals surface area contributed by atoms with Gasteiger partial charge in [0, 0.05) is 63.5 Å². The molecule has 0 bridgehead atoms. The first-order valence-electron chi connectivity index (χ1n) is 8.63. The molecule has 2 fully saturated rings. The fourth-order valence-corrected chi connectivity index (χ4v) is 3.98. The molecule has 0 unspecified atom stereocenters. The van der Waals surface area contributed by atoms with Crippen molar-refractivity contribution in [1.29, 1.82) is 0 Å². The van der Waals surface area contributed by atoms with Gasteiger partial charge in [-0.25, -0.2) is 4.98 Å². The van der Waals surface area contributed by atoms with Gasteiger partial charge in [-0.05, 0) is 20.3 Å². The Labute approximate surface area is 142 Å². The molecule has 0 saturated carbocycles. The van der Waals surface area contributed by atoms with Crippen LogP contribution in [0.1, 0.15) is 26.7 Å². The van der Waals surface area contributed by atoms with E-state index in [0.717, 1.165) is 19.5 Å². The van der Waals surface area contributed by atoms with E-state index in [1.807, 2.05) is 10.8 Å². The van der Waals surface area contributed by atoms with E-state index in [1.54, 1.807) is 17.4 Å². The Balaban J connectivity index is 1.57. The molecule has 1 N–H and O–H groups in total. The fourth-order valence-electron chi connectivity index (χ4n) is 3.98. The molecular formula is C17H26N4O3. The molecule has 24 heavy (non-hydrogen) atoms. The molecule has 2 saturated heterocycles. The fraction of sp³-hybridized carbons (Fsp3) is 0.706. The van der Waals surface area contributed by atoms with Crippen molar-refractivity contribution in [2.75, 3.05) is 26.2 Å². The number of hydrogen-bond acceptors (Lipinski definition) is 4. The Morgan fingerprint density at radius 2 is 2.12 bits per heavy atom. The molecule has 0 radical (unpaired) electrons. The predicted octanol–water partition coefficient (Wildman–Crippen LogP) is 0.917. The van der Waals surface area contributed by atoms with E-state index in [2.05, 4.69) is 23.7 Å². The van der Waals surface area contributed by atoms with Crippen LogP contribution in [-0.2, 0) is 16.1 Å². The second-order valence-electron chi connectivity index (χ2n) is 7.36. The van der Waals surface area contributed by atoms with Crippen LogP contribution >= 0.6 is 0 Å². The summed E-state index contributed by atoms with van der Waals surface area (Å²) in [5.74, 6) is -0.652. The molecule has 0 aromatic carbocycles. The van der Waals surface area contributed by atoms with Crippen LogP contribution in [0.2, 0.25) is 0 Å². The van der Waals surface area contributed by atoms with Gasteiger partial charge in [-0.3, -0.25) is 14.5 Å². The van der Waals surface area contributed by atoms with Crippen molar-refractivity contribution in [2.24, 2.45) is 11.3 Å². The third-order valence-electron chi connectivity index (χ3n) is 5.51. The maximum absolute atomic E-state index is 12.5. The molecule has 7 nitrogen and oxygen atoms in total. The first-order valence-corrected chi connectivity index (χ1v) is 8.63. The number of hydrogen-bond donors (Lipinski definition) is 1. The second-order valence-corrected chi connectivity index (χ2v) is 7.36. The van der Waals surface area contributed by atoms with E-state index in [4.69, 9.17) is 0 Å². The summed E-state index contributed by atoms with van der Waals surface area (Å²) < 4.78 is 1.95. The SMILES string of the molecule is CC(C)N1C[C@@H]2CN(C(=O)CCCn3ccnc3)C[C@]2(C(=O)O)C1. The van der Waals surface area contributed by atoms with E-state index in [-0.39, 0.29) is 11.8 Å². The molecule has 1 aromatic rings. The predicted molar refractivity (Wildman–Crippen MR) is 88.3 cm³/mol. The van der Waals surface area contributed by atoms with Gasteiger partial charge in [0.25, 0.3) is 0 Å². The molecule has 7 heteroatoms. The van der Waals surface area contributed by atoms with Crippen LogP contribution in [0, 0.1) is 11.3 Å². The minimum Gasteiger partial charge on any atom is -0.481 e. The Morgan fingerprint density at radius 1 is 1.33 bits per heavy atom. The van der Waals surface area contributed by atoms with Crippen LogP contribution in [0.15, 0.2) is 18.7 Å². The van der Waals surface area contributed by atoms with Crippen molar-refractivity contribution in [1.82, 2.24) is 19.4 Å². The van der Waals surface area contributed by atoms with Crippen LogP contribution in [0.25, 0.3) is 0 Å². The van der Waals surface area contributed by atoms with Crippen molar-refractivity contribution < 1.29 is 14.7 Å². The molecule has 2 aliphatic rings. The third kappa shape index (κ3) is 3.05. The zero-order valence-electron chi connectivity index (χ0n) is 14.4. The number of nitrogens with zero attached hydrogens (tertiary/aromatic N) is 4. The number of imidazole rings is 1. The van der Waals surface area contributed by atoms with Crippen molar-refractivity contribution in [3.63, 3.8) is 0 Å². The summed E-state index contributed by atoms with van der Waals surface area (Å²) in [7, 11) is 0. The van der Waals surface area contributed by atoms with Gasteiger partial charge in [0.2, 0.25) is 5.91 Å². The van der Waals surface area contributed by atoms with Crippen LogP contribution in [0.5, 0.6) is 0 Å². The number of carbonyl (C=O) groups is 2. The lowest BCUT2D eigenvalue weighted by Crippen LogP contribution is -2.43. The van der Waals surface area contributed by atoms with Gasteiger partial charge in [-0.15, -0.1) is 0 Å².